The number of carbonyl (C=O) groups is 3. The van der Waals surface area contributed by atoms with E-state index in [1.165, 1.54) is 5.57 Å². The topological polar surface area (TPSA) is 89.9 Å². The molecule has 0 aliphatic heterocycles. The molecule has 6 heteroatoms. The van der Waals surface area contributed by atoms with E-state index >= 15 is 0 Å². The van der Waals surface area contributed by atoms with Gasteiger partial charge in [0.05, 0.1) is 0 Å². The molecule has 0 bridgehead atoms. The van der Waals surface area contributed by atoms with Crippen LogP contribution in [0.1, 0.15) is 66.2 Å². The molecule has 0 heterocycles. The Balaban J connectivity index is 2.13. The highest BCUT2D eigenvalue weighted by atomic mass is 16.6. The van der Waals surface area contributed by atoms with Crippen molar-refractivity contribution < 1.29 is 29.0 Å². The molecule has 2 rings (SSSR count). The summed E-state index contributed by atoms with van der Waals surface area (Å²) in [6.45, 7) is 11.1. The van der Waals surface area contributed by atoms with E-state index in [2.05, 4.69) is 12.7 Å². The van der Waals surface area contributed by atoms with Crippen LogP contribution in [0.5, 0.6) is 0 Å². The van der Waals surface area contributed by atoms with Crippen molar-refractivity contribution in [1.29, 1.82) is 0 Å². The van der Waals surface area contributed by atoms with Gasteiger partial charge in [-0.05, 0) is 58.8 Å². The van der Waals surface area contributed by atoms with Crippen molar-refractivity contribution >= 4 is 17.9 Å². The van der Waals surface area contributed by atoms with Crippen LogP contribution in [-0.2, 0) is 23.9 Å². The molecule has 2 aliphatic carbocycles. The van der Waals surface area contributed by atoms with E-state index in [9.17, 15) is 19.5 Å². The van der Waals surface area contributed by atoms with Gasteiger partial charge in [-0.15, -0.1) is 0 Å². The van der Waals surface area contributed by atoms with Gasteiger partial charge in [-0.1, -0.05) is 49.0 Å². The molecule has 170 valence electrons. The van der Waals surface area contributed by atoms with E-state index in [1.807, 2.05) is 25.2 Å². The van der Waals surface area contributed by atoms with Gasteiger partial charge in [0.15, 0.2) is 0 Å². The summed E-state index contributed by atoms with van der Waals surface area (Å²) in [6.07, 6.45) is 9.61. The van der Waals surface area contributed by atoms with E-state index in [4.69, 9.17) is 9.47 Å². The normalized spacial score (nSPS) is 18.2. The van der Waals surface area contributed by atoms with Crippen molar-refractivity contribution in [2.24, 2.45) is 11.8 Å². The molecule has 0 amide bonds. The molecule has 0 aromatic rings. The number of aliphatic carboxylic acids is 1. The lowest BCUT2D eigenvalue weighted by atomic mass is 9.83. The summed E-state index contributed by atoms with van der Waals surface area (Å²) in [5.74, 6) is -2.74. The lowest BCUT2D eigenvalue weighted by Gasteiger charge is -2.28. The van der Waals surface area contributed by atoms with Crippen LogP contribution < -0.4 is 0 Å². The Hall–Kier alpha value is -2.63. The van der Waals surface area contributed by atoms with Crippen molar-refractivity contribution in [3.63, 3.8) is 0 Å². The third-order valence-electron chi connectivity index (χ3n) is 5.40. The number of allylic oxidation sites excluding steroid dienone is 5. The largest absolute Gasteiger partial charge is 0.478 e. The van der Waals surface area contributed by atoms with E-state index in [-0.39, 0.29) is 18.4 Å². The van der Waals surface area contributed by atoms with Crippen LogP contribution in [-0.4, -0.2) is 34.7 Å². The highest BCUT2D eigenvalue weighted by molar-refractivity contribution is 5.88. The second-order valence-electron chi connectivity index (χ2n) is 9.30. The summed E-state index contributed by atoms with van der Waals surface area (Å²) in [5.41, 5.74) is 1.62. The summed E-state index contributed by atoms with van der Waals surface area (Å²) in [7, 11) is 0. The Morgan fingerprint density at radius 2 is 1.90 bits per heavy atom. The first-order valence-corrected chi connectivity index (χ1v) is 10.9. The van der Waals surface area contributed by atoms with Gasteiger partial charge in [-0.2, -0.15) is 0 Å². The molecule has 0 aromatic carbocycles. The van der Waals surface area contributed by atoms with E-state index in [0.29, 0.717) is 18.8 Å². The first-order chi connectivity index (χ1) is 14.5. The van der Waals surface area contributed by atoms with Gasteiger partial charge in [0.1, 0.15) is 5.60 Å². The maximum atomic E-state index is 12.4. The number of esters is 2. The summed E-state index contributed by atoms with van der Waals surface area (Å²) >= 11 is 0. The predicted octanol–water partition coefficient (Wildman–Crippen LogP) is 4.91. The predicted molar refractivity (Wildman–Crippen MR) is 118 cm³/mol. The fourth-order valence-corrected chi connectivity index (χ4v) is 3.55. The molecule has 2 aliphatic rings. The smallest absolute Gasteiger partial charge is 0.345 e. The molecule has 0 fully saturated rings. The van der Waals surface area contributed by atoms with Gasteiger partial charge in [0.25, 0.3) is 0 Å². The number of hydrogen-bond acceptors (Lipinski definition) is 5. The van der Waals surface area contributed by atoms with Crippen LogP contribution in [0.2, 0.25) is 0 Å². The van der Waals surface area contributed by atoms with Gasteiger partial charge in [-0.25, -0.2) is 9.59 Å². The average Bonchev–Trinajstić information content (AvgIpc) is 3.53. The van der Waals surface area contributed by atoms with Gasteiger partial charge in [0, 0.05) is 17.9 Å². The van der Waals surface area contributed by atoms with Gasteiger partial charge in [0.2, 0.25) is 6.10 Å². The van der Waals surface area contributed by atoms with Crippen LogP contribution in [0.15, 0.2) is 47.6 Å². The summed E-state index contributed by atoms with van der Waals surface area (Å²) in [6, 6.07) is 0. The highest BCUT2D eigenvalue weighted by Crippen LogP contribution is 2.33. The number of carboxylic acids is 1. The van der Waals surface area contributed by atoms with Gasteiger partial charge < -0.3 is 14.6 Å². The Bertz CT molecular complexity index is 808. The molecule has 0 saturated carbocycles. The Kier molecular flexibility index (Phi) is 8.43. The molecule has 1 N–H and O–H groups in total. The number of carboxylic acid groups (broad SMARTS) is 1. The monoisotopic (exact) mass is 430 g/mol. The first-order valence-electron chi connectivity index (χ1n) is 10.9. The van der Waals surface area contributed by atoms with Crippen molar-refractivity contribution in [3.05, 3.63) is 47.6 Å². The minimum absolute atomic E-state index is 0.0438. The first kappa shape index (κ1) is 24.6. The molecule has 31 heavy (non-hydrogen) atoms. The van der Waals surface area contributed by atoms with Gasteiger partial charge in [-0.3, -0.25) is 4.79 Å². The zero-order chi connectivity index (χ0) is 23.2. The minimum Gasteiger partial charge on any atom is -0.478 e. The summed E-state index contributed by atoms with van der Waals surface area (Å²) in [4.78, 5) is 36.9. The number of rotatable bonds is 11. The molecular formula is C25H34O6. The molecule has 3 atom stereocenters. The summed E-state index contributed by atoms with van der Waals surface area (Å²) in [5, 5.41) is 9.86. The highest BCUT2D eigenvalue weighted by Gasteiger charge is 2.36. The minimum atomic E-state index is -1.39. The van der Waals surface area contributed by atoms with E-state index in [0.717, 1.165) is 18.4 Å². The lowest BCUT2D eigenvalue weighted by Crippen LogP contribution is -2.37. The van der Waals surface area contributed by atoms with Crippen molar-refractivity contribution in [3.8, 4) is 0 Å². The maximum absolute atomic E-state index is 12.4. The molecular weight excluding hydrogens is 396 g/mol. The van der Waals surface area contributed by atoms with Crippen LogP contribution >= 0.6 is 0 Å². The Morgan fingerprint density at radius 3 is 2.42 bits per heavy atom. The molecule has 3 unspecified atom stereocenters. The number of ether oxygens (including phenoxy) is 2. The average molecular weight is 431 g/mol. The lowest BCUT2D eigenvalue weighted by molar-refractivity contribution is -0.167. The molecule has 0 saturated heterocycles. The molecule has 0 radical (unpaired) electrons. The molecule has 0 aromatic heterocycles. The Morgan fingerprint density at radius 1 is 1.23 bits per heavy atom. The molecule has 6 nitrogen and oxygen atoms in total. The SMILES string of the molecule is C=C(CC(C1=CC=CCC1)C(OC(=O)CCC(C)C1=CC1)C(=O)O)C(=O)OC(C)(C)C. The maximum Gasteiger partial charge on any atom is 0.345 e. The second kappa shape index (κ2) is 10.6. The zero-order valence-corrected chi connectivity index (χ0v) is 19.0. The fraction of sp³-hybridized carbons (Fsp3) is 0.560. The van der Waals surface area contributed by atoms with E-state index in [1.54, 1.807) is 20.8 Å². The van der Waals surface area contributed by atoms with Crippen LogP contribution in [0.3, 0.4) is 0 Å². The second-order valence-corrected chi connectivity index (χ2v) is 9.30. The Labute approximate surface area is 184 Å². The fourth-order valence-electron chi connectivity index (χ4n) is 3.55. The standard InChI is InChI=1S/C25H34O6/c1-16(18-12-13-18)11-14-21(26)30-22(23(27)28)20(19-9-7-6-8-10-19)15-17(2)24(29)31-25(3,4)5/h6-7,9,12,16,20,22H,2,8,10-11,13-15H2,1,3-5H3,(H,27,28). The van der Waals surface area contributed by atoms with Gasteiger partial charge >= 0.3 is 17.9 Å². The third kappa shape index (κ3) is 8.19. The van der Waals surface area contributed by atoms with Crippen LogP contribution in [0, 0.1) is 11.8 Å². The zero-order valence-electron chi connectivity index (χ0n) is 19.0. The van der Waals surface area contributed by atoms with Crippen molar-refractivity contribution in [2.75, 3.05) is 0 Å². The van der Waals surface area contributed by atoms with Crippen molar-refractivity contribution in [2.45, 2.75) is 77.9 Å². The summed E-state index contributed by atoms with van der Waals surface area (Å²) < 4.78 is 10.8. The quantitative estimate of drug-likeness (QED) is 0.285. The van der Waals surface area contributed by atoms with Crippen LogP contribution in [0.25, 0.3) is 0 Å². The number of hydrogen-bond donors (Lipinski definition) is 1. The van der Waals surface area contributed by atoms with Crippen LogP contribution in [0.4, 0.5) is 0 Å². The molecule has 0 spiro atoms. The third-order valence-corrected chi connectivity index (χ3v) is 5.40. The van der Waals surface area contributed by atoms with Crippen molar-refractivity contribution in [1.82, 2.24) is 0 Å². The number of carbonyl (C=O) groups excluding carboxylic acids is 2. The van der Waals surface area contributed by atoms with E-state index < -0.39 is 35.5 Å².